The summed E-state index contributed by atoms with van der Waals surface area (Å²) in [6.07, 6.45) is 1.04. The second kappa shape index (κ2) is 3.98. The highest BCUT2D eigenvalue weighted by molar-refractivity contribution is 9.11. The van der Waals surface area contributed by atoms with Crippen LogP contribution in [0, 0.1) is 0 Å². The van der Waals surface area contributed by atoms with Crippen LogP contribution < -0.4 is 0 Å². The predicted molar refractivity (Wildman–Crippen MR) is 63.2 cm³/mol. The van der Waals surface area contributed by atoms with Crippen molar-refractivity contribution in [1.29, 1.82) is 0 Å². The molecule has 1 aromatic heterocycles. The molecule has 0 atom stereocenters. The Hall–Kier alpha value is -0.420. The summed E-state index contributed by atoms with van der Waals surface area (Å²) in [7, 11) is 0. The summed E-state index contributed by atoms with van der Waals surface area (Å²) >= 11 is 6.92. The molecule has 0 N–H and O–H groups in total. The molecule has 5 heteroatoms. The summed E-state index contributed by atoms with van der Waals surface area (Å²) in [5.74, 6) is 0. The van der Waals surface area contributed by atoms with Crippen LogP contribution in [0.25, 0.3) is 11.0 Å². The lowest BCUT2D eigenvalue weighted by molar-refractivity contribution is 0.535. The van der Waals surface area contributed by atoms with Crippen molar-refractivity contribution in [1.82, 2.24) is 15.0 Å². The fourth-order valence-corrected chi connectivity index (χ4v) is 2.07. The lowest BCUT2D eigenvalue weighted by atomic mass is 10.3. The Morgan fingerprint density at radius 2 is 1.64 bits per heavy atom. The van der Waals surface area contributed by atoms with Crippen LogP contribution in [0.1, 0.15) is 13.3 Å². The van der Waals surface area contributed by atoms with Crippen LogP contribution in [0.5, 0.6) is 0 Å². The number of hydrogen-bond acceptors (Lipinski definition) is 2. The maximum Gasteiger partial charge on any atom is 0.128 e. The molecule has 2 rings (SSSR count). The highest BCUT2D eigenvalue weighted by Crippen LogP contribution is 2.27. The first-order valence-corrected chi connectivity index (χ1v) is 6.00. The largest absolute Gasteiger partial charge is 0.184 e. The van der Waals surface area contributed by atoms with Crippen LogP contribution in [0.2, 0.25) is 0 Å². The molecule has 0 aliphatic rings. The molecule has 0 fully saturated rings. The topological polar surface area (TPSA) is 30.7 Å². The standard InChI is InChI=1S/C9H9Br2N3/c1-2-5-14-12-8-6(10)3-4-7(11)9(8)13-14/h3-4H,2,5H2,1H3. The van der Waals surface area contributed by atoms with Gasteiger partial charge in [-0.15, -0.1) is 0 Å². The van der Waals surface area contributed by atoms with Gasteiger partial charge in [-0.25, -0.2) is 0 Å². The predicted octanol–water partition coefficient (Wildman–Crippen LogP) is 3.37. The van der Waals surface area contributed by atoms with Crippen LogP contribution in [0.3, 0.4) is 0 Å². The third-order valence-corrected chi connectivity index (χ3v) is 3.19. The number of benzene rings is 1. The summed E-state index contributed by atoms with van der Waals surface area (Å²) < 4.78 is 1.97. The molecule has 1 aromatic carbocycles. The van der Waals surface area contributed by atoms with Crippen molar-refractivity contribution < 1.29 is 0 Å². The molecule has 74 valence electrons. The molecule has 3 nitrogen and oxygen atoms in total. The van der Waals surface area contributed by atoms with Crippen molar-refractivity contribution in [3.05, 3.63) is 21.1 Å². The van der Waals surface area contributed by atoms with E-state index in [-0.39, 0.29) is 0 Å². The van der Waals surface area contributed by atoms with Gasteiger partial charge in [-0.05, 0) is 50.4 Å². The Bertz CT molecular complexity index is 425. The van der Waals surface area contributed by atoms with Crippen molar-refractivity contribution >= 4 is 42.9 Å². The number of fused-ring (bicyclic) bond motifs is 1. The number of aryl methyl sites for hydroxylation is 1. The van der Waals surface area contributed by atoms with E-state index in [1.807, 2.05) is 12.1 Å². The van der Waals surface area contributed by atoms with Crippen LogP contribution in [-0.4, -0.2) is 15.0 Å². The SMILES string of the molecule is CCCn1nc2c(Br)ccc(Br)c2n1. The highest BCUT2D eigenvalue weighted by Gasteiger charge is 2.08. The average molecular weight is 319 g/mol. The zero-order valence-electron chi connectivity index (χ0n) is 7.67. The van der Waals surface area contributed by atoms with Crippen molar-refractivity contribution in [2.24, 2.45) is 0 Å². The molecule has 0 aliphatic heterocycles. The van der Waals surface area contributed by atoms with E-state index in [0.29, 0.717) is 0 Å². The Labute approximate surface area is 98.7 Å². The van der Waals surface area contributed by atoms with Gasteiger partial charge in [-0.1, -0.05) is 6.92 Å². The average Bonchev–Trinajstić information content (AvgIpc) is 2.57. The van der Waals surface area contributed by atoms with Gasteiger partial charge in [0.25, 0.3) is 0 Å². The molecular formula is C9H9Br2N3. The van der Waals surface area contributed by atoms with E-state index in [4.69, 9.17) is 0 Å². The first-order valence-electron chi connectivity index (χ1n) is 4.41. The summed E-state index contributed by atoms with van der Waals surface area (Å²) in [6, 6.07) is 3.94. The molecule has 0 aliphatic carbocycles. The fraction of sp³-hybridized carbons (Fsp3) is 0.333. The molecule has 0 saturated carbocycles. The molecule has 2 aromatic rings. The first kappa shape index (κ1) is 10.1. The molecule has 0 amide bonds. The summed E-state index contributed by atoms with van der Waals surface area (Å²) in [4.78, 5) is 1.74. The van der Waals surface area contributed by atoms with E-state index in [1.165, 1.54) is 0 Å². The normalized spacial score (nSPS) is 11.1. The van der Waals surface area contributed by atoms with Crippen molar-refractivity contribution in [2.75, 3.05) is 0 Å². The van der Waals surface area contributed by atoms with Crippen LogP contribution in [0.15, 0.2) is 21.1 Å². The quantitative estimate of drug-likeness (QED) is 0.850. The third-order valence-electron chi connectivity index (χ3n) is 1.91. The van der Waals surface area contributed by atoms with Gasteiger partial charge in [0.05, 0.1) is 6.54 Å². The number of hydrogen-bond donors (Lipinski definition) is 0. The number of halogens is 2. The van der Waals surface area contributed by atoms with Crippen molar-refractivity contribution in [2.45, 2.75) is 19.9 Å². The minimum atomic E-state index is 0.855. The zero-order valence-corrected chi connectivity index (χ0v) is 10.8. The fourth-order valence-electron chi connectivity index (χ4n) is 1.27. The Kier molecular flexibility index (Phi) is 2.88. The van der Waals surface area contributed by atoms with E-state index in [9.17, 15) is 0 Å². The number of rotatable bonds is 2. The summed E-state index contributed by atoms with van der Waals surface area (Å²) in [6.45, 7) is 2.96. The lowest BCUT2D eigenvalue weighted by Gasteiger charge is -1.91. The molecule has 0 saturated heterocycles. The third kappa shape index (κ3) is 1.70. The summed E-state index contributed by atoms with van der Waals surface area (Å²) in [5.41, 5.74) is 1.82. The van der Waals surface area contributed by atoms with Gasteiger partial charge < -0.3 is 0 Å². The van der Waals surface area contributed by atoms with E-state index in [1.54, 1.807) is 4.80 Å². The Morgan fingerprint density at radius 3 is 2.07 bits per heavy atom. The van der Waals surface area contributed by atoms with Gasteiger partial charge in [0.1, 0.15) is 11.0 Å². The number of nitrogens with zero attached hydrogens (tertiary/aromatic N) is 3. The molecule has 14 heavy (non-hydrogen) atoms. The lowest BCUT2D eigenvalue weighted by Crippen LogP contribution is -2.00. The van der Waals surface area contributed by atoms with E-state index in [2.05, 4.69) is 49.0 Å². The van der Waals surface area contributed by atoms with Gasteiger partial charge in [-0.3, -0.25) is 0 Å². The van der Waals surface area contributed by atoms with Crippen LogP contribution >= 0.6 is 31.9 Å². The zero-order chi connectivity index (χ0) is 10.1. The second-order valence-corrected chi connectivity index (χ2v) is 4.73. The second-order valence-electron chi connectivity index (χ2n) is 3.02. The first-order chi connectivity index (χ1) is 6.72. The summed E-state index contributed by atoms with van der Waals surface area (Å²) in [5, 5.41) is 8.78. The van der Waals surface area contributed by atoms with E-state index < -0.39 is 0 Å². The Morgan fingerprint density at radius 1 is 1.14 bits per heavy atom. The molecule has 0 spiro atoms. The molecular weight excluding hydrogens is 310 g/mol. The molecule has 0 bridgehead atoms. The van der Waals surface area contributed by atoms with E-state index >= 15 is 0 Å². The van der Waals surface area contributed by atoms with E-state index in [0.717, 1.165) is 32.9 Å². The van der Waals surface area contributed by atoms with Gasteiger partial charge in [0.15, 0.2) is 0 Å². The van der Waals surface area contributed by atoms with Gasteiger partial charge in [0.2, 0.25) is 0 Å². The van der Waals surface area contributed by atoms with Crippen molar-refractivity contribution in [3.63, 3.8) is 0 Å². The highest BCUT2D eigenvalue weighted by atomic mass is 79.9. The molecule has 0 radical (unpaired) electrons. The Balaban J connectivity index is 2.63. The van der Waals surface area contributed by atoms with Crippen molar-refractivity contribution in [3.8, 4) is 0 Å². The minimum Gasteiger partial charge on any atom is -0.184 e. The number of aromatic nitrogens is 3. The van der Waals surface area contributed by atoms with Gasteiger partial charge in [-0.2, -0.15) is 15.0 Å². The molecule has 0 unspecified atom stereocenters. The minimum absolute atomic E-state index is 0.855. The van der Waals surface area contributed by atoms with Gasteiger partial charge in [0, 0.05) is 8.95 Å². The smallest absolute Gasteiger partial charge is 0.128 e. The van der Waals surface area contributed by atoms with Crippen LogP contribution in [-0.2, 0) is 6.54 Å². The monoisotopic (exact) mass is 317 g/mol. The maximum absolute atomic E-state index is 4.39. The molecule has 1 heterocycles. The van der Waals surface area contributed by atoms with Gasteiger partial charge >= 0.3 is 0 Å². The maximum atomic E-state index is 4.39. The van der Waals surface area contributed by atoms with Crippen LogP contribution in [0.4, 0.5) is 0 Å².